The molecular weight excluding hydrogens is 706 g/mol. The second kappa shape index (κ2) is 12.5. The molecule has 4 unspecified atom stereocenters. The largest absolute Gasteiger partial charge is 0.507 e. The van der Waals surface area contributed by atoms with Crippen molar-refractivity contribution in [2.75, 3.05) is 20.7 Å². The van der Waals surface area contributed by atoms with E-state index in [2.05, 4.69) is 15.9 Å². The molecule has 1 saturated heterocycles. The number of aliphatic hydroxyl groups is 5. The van der Waals surface area contributed by atoms with E-state index in [1.807, 2.05) is 18.9 Å². The molecule has 2 aliphatic carbocycles. The normalized spacial score (nSPS) is 31.4. The summed E-state index contributed by atoms with van der Waals surface area (Å²) in [7, 11) is 3.26. The van der Waals surface area contributed by atoms with E-state index in [0.717, 1.165) is 12.1 Å². The van der Waals surface area contributed by atoms with E-state index in [1.165, 1.54) is 14.0 Å². The molecule has 2 aromatic carbocycles. The van der Waals surface area contributed by atoms with Crippen molar-refractivity contribution in [3.05, 3.63) is 61.5 Å². The Morgan fingerprint density at radius 3 is 2.49 bits per heavy atom. The molecule has 3 aliphatic heterocycles. The van der Waals surface area contributed by atoms with Gasteiger partial charge in [0.15, 0.2) is 29.4 Å². The Hall–Kier alpha value is -3.34. The summed E-state index contributed by atoms with van der Waals surface area (Å²) in [6.45, 7) is 3.74. The van der Waals surface area contributed by atoms with Crippen LogP contribution in [0.2, 0.25) is 0 Å². The number of rotatable bonds is 5. The summed E-state index contributed by atoms with van der Waals surface area (Å²) in [6, 6.07) is 3.13. The van der Waals surface area contributed by atoms with Crippen LogP contribution in [0.15, 0.2) is 44.8 Å². The van der Waals surface area contributed by atoms with Crippen LogP contribution in [0.3, 0.4) is 0 Å². The average Bonchev–Trinajstić information content (AvgIpc) is 3.08. The first-order valence-corrected chi connectivity index (χ1v) is 17.0. The SMILES string of the molecule is CCCC1=C(Br)C2=C(CN1C)C(=O)c1c(ccc3c(OC)c4c(c(O)c13)CC1=C(O4)C(O)CC(OC3O[C@H](C)[C@@H](O)[C@H](O)[C@@H]3O)C1O)C2=O. The molecule has 8 atom stereocenters. The maximum absolute atomic E-state index is 14.3. The third kappa shape index (κ3) is 5.07. The van der Waals surface area contributed by atoms with Crippen molar-refractivity contribution in [2.45, 2.75) is 88.5 Å². The lowest BCUT2D eigenvalue weighted by atomic mass is 9.78. The van der Waals surface area contributed by atoms with Gasteiger partial charge in [0.25, 0.3) is 0 Å². The number of allylic oxidation sites excluding steroid dienone is 3. The number of ketones is 2. The second-order valence-electron chi connectivity index (χ2n) is 13.2. The Kier molecular flexibility index (Phi) is 8.68. The fourth-order valence-corrected chi connectivity index (χ4v) is 8.57. The standard InChI is InChI=1S/C35H38BrNO12/c1-5-6-18-24(36)23-17(11-37(18)3)29(43)21-13(27(23)41)7-8-14-22(21)28(42)16-9-15-26(40)20(10-19(38)32(15)49-34(16)33(14)46-4)48-35-31(45)30(44)25(39)12(2)47-35/h7-8,12,19-20,25-26,30-31,35,38-40,42,44-45H,5-6,9-11H2,1-4H3/t12-,19?,20?,25-,26?,30+,31+,35?/m1/s1. The van der Waals surface area contributed by atoms with Gasteiger partial charge in [-0.05, 0) is 41.4 Å². The van der Waals surface area contributed by atoms with Crippen molar-refractivity contribution >= 4 is 38.3 Å². The number of carbonyl (C=O) groups excluding carboxylic acids is 2. The van der Waals surface area contributed by atoms with Crippen LogP contribution in [-0.4, -0.2) is 117 Å². The summed E-state index contributed by atoms with van der Waals surface area (Å²) in [5.74, 6) is -0.791. The van der Waals surface area contributed by atoms with Gasteiger partial charge in [-0.1, -0.05) is 13.3 Å². The molecule has 49 heavy (non-hydrogen) atoms. The van der Waals surface area contributed by atoms with E-state index < -0.39 is 54.8 Å². The number of Topliss-reactive ketones (excluding diaryl/α,β-unsaturated/α-hetero) is 2. The van der Waals surface area contributed by atoms with Crippen molar-refractivity contribution in [3.63, 3.8) is 0 Å². The molecule has 0 aromatic heterocycles. The van der Waals surface area contributed by atoms with Gasteiger partial charge in [0.05, 0.1) is 19.3 Å². The summed E-state index contributed by atoms with van der Waals surface area (Å²) in [4.78, 5) is 30.3. The minimum Gasteiger partial charge on any atom is -0.507 e. The van der Waals surface area contributed by atoms with Gasteiger partial charge in [-0.15, -0.1) is 0 Å². The Morgan fingerprint density at radius 2 is 1.80 bits per heavy atom. The Bertz CT molecular complexity index is 1880. The van der Waals surface area contributed by atoms with Gasteiger partial charge in [-0.3, -0.25) is 9.59 Å². The van der Waals surface area contributed by atoms with Crippen LogP contribution in [0.4, 0.5) is 0 Å². The van der Waals surface area contributed by atoms with Gasteiger partial charge in [0.1, 0.15) is 42.0 Å². The number of ether oxygens (including phenoxy) is 4. The number of halogens is 1. The Balaban J connectivity index is 1.30. The number of hydrogen-bond acceptors (Lipinski definition) is 13. The maximum Gasteiger partial charge on any atom is 0.195 e. The molecule has 6 N–H and O–H groups in total. The molecule has 7 rings (SSSR count). The van der Waals surface area contributed by atoms with Crippen molar-refractivity contribution < 1.29 is 59.2 Å². The van der Waals surface area contributed by atoms with Crippen LogP contribution in [0.25, 0.3) is 10.8 Å². The predicted molar refractivity (Wildman–Crippen MR) is 177 cm³/mol. The number of hydrogen-bond donors (Lipinski definition) is 6. The molecule has 3 heterocycles. The quantitative estimate of drug-likeness (QED) is 0.261. The second-order valence-corrected chi connectivity index (χ2v) is 14.0. The number of phenols is 1. The highest BCUT2D eigenvalue weighted by atomic mass is 79.9. The number of nitrogens with zero attached hydrogens (tertiary/aromatic N) is 1. The molecule has 0 saturated carbocycles. The average molecular weight is 745 g/mol. The smallest absolute Gasteiger partial charge is 0.195 e. The molecule has 2 aromatic rings. The van der Waals surface area contributed by atoms with Crippen molar-refractivity contribution in [1.82, 2.24) is 4.90 Å². The fraction of sp³-hybridized carbons (Fsp3) is 0.486. The lowest BCUT2D eigenvalue weighted by Gasteiger charge is -2.43. The summed E-state index contributed by atoms with van der Waals surface area (Å²) in [6.07, 6.45) is -9.44. The molecule has 0 bridgehead atoms. The zero-order valence-corrected chi connectivity index (χ0v) is 28.9. The van der Waals surface area contributed by atoms with Crippen LogP contribution in [0.1, 0.15) is 59.4 Å². The van der Waals surface area contributed by atoms with Crippen molar-refractivity contribution in [2.24, 2.45) is 0 Å². The highest BCUT2D eigenvalue weighted by Crippen LogP contribution is 2.53. The molecule has 13 nitrogen and oxygen atoms in total. The van der Waals surface area contributed by atoms with Crippen LogP contribution in [0.5, 0.6) is 17.2 Å². The molecule has 14 heteroatoms. The van der Waals surface area contributed by atoms with Crippen LogP contribution >= 0.6 is 15.9 Å². The number of phenolic OH excluding ortho intramolecular Hbond substituents is 1. The van der Waals surface area contributed by atoms with E-state index in [0.29, 0.717) is 27.4 Å². The number of likely N-dealkylation sites (N-methyl/N-ethyl adjacent to an activating group) is 1. The minimum atomic E-state index is -1.63. The van der Waals surface area contributed by atoms with Gasteiger partial charge in [0.2, 0.25) is 0 Å². The highest BCUT2D eigenvalue weighted by Gasteiger charge is 2.48. The number of fused-ring (bicyclic) bond motifs is 4. The van der Waals surface area contributed by atoms with Crippen LogP contribution < -0.4 is 9.47 Å². The number of methoxy groups -OCH3 is 1. The summed E-state index contributed by atoms with van der Waals surface area (Å²) in [5.41, 5.74) is 2.06. The Labute approximate surface area is 289 Å². The predicted octanol–water partition coefficient (Wildman–Crippen LogP) is 2.11. The minimum absolute atomic E-state index is 0.0367. The van der Waals surface area contributed by atoms with Gasteiger partial charge in [-0.25, -0.2) is 0 Å². The third-order valence-electron chi connectivity index (χ3n) is 10.2. The lowest BCUT2D eigenvalue weighted by molar-refractivity contribution is -0.311. The summed E-state index contributed by atoms with van der Waals surface area (Å²) < 4.78 is 23.9. The zero-order valence-electron chi connectivity index (χ0n) is 27.3. The van der Waals surface area contributed by atoms with Gasteiger partial charge in [-0.2, -0.15) is 0 Å². The molecule has 0 spiro atoms. The van der Waals surface area contributed by atoms with Crippen molar-refractivity contribution in [1.29, 1.82) is 0 Å². The summed E-state index contributed by atoms with van der Waals surface area (Å²) in [5, 5.41) is 65.8. The van der Waals surface area contributed by atoms with E-state index in [-0.39, 0.29) is 75.8 Å². The molecule has 1 fully saturated rings. The molecular formula is C35H38BrNO12. The fourth-order valence-electron chi connectivity index (χ4n) is 7.65. The van der Waals surface area contributed by atoms with E-state index in [1.54, 1.807) is 12.1 Å². The first kappa shape index (κ1) is 34.1. The molecule has 262 valence electrons. The molecule has 0 radical (unpaired) electrons. The third-order valence-corrected chi connectivity index (χ3v) is 11.1. The maximum atomic E-state index is 14.3. The van der Waals surface area contributed by atoms with Gasteiger partial charge < -0.3 is 54.5 Å². The first-order valence-electron chi connectivity index (χ1n) is 16.2. The summed E-state index contributed by atoms with van der Waals surface area (Å²) >= 11 is 3.60. The van der Waals surface area contributed by atoms with Gasteiger partial charge in [0, 0.05) is 80.8 Å². The first-order chi connectivity index (χ1) is 23.3. The van der Waals surface area contributed by atoms with Crippen LogP contribution in [-0.2, 0) is 15.9 Å². The van der Waals surface area contributed by atoms with Gasteiger partial charge >= 0.3 is 0 Å². The lowest BCUT2D eigenvalue weighted by Crippen LogP contribution is -2.59. The van der Waals surface area contributed by atoms with Crippen LogP contribution in [0, 0.1) is 0 Å². The van der Waals surface area contributed by atoms with Crippen molar-refractivity contribution in [3.8, 4) is 17.2 Å². The monoisotopic (exact) mass is 743 g/mol. The topological polar surface area (TPSA) is 196 Å². The molecule has 0 amide bonds. The van der Waals surface area contributed by atoms with E-state index in [9.17, 15) is 40.2 Å². The highest BCUT2D eigenvalue weighted by molar-refractivity contribution is 9.12. The number of aliphatic hydroxyl groups excluding tert-OH is 5. The number of aromatic hydroxyl groups is 1. The van der Waals surface area contributed by atoms with E-state index in [4.69, 9.17) is 18.9 Å². The van der Waals surface area contributed by atoms with E-state index >= 15 is 0 Å². The zero-order chi connectivity index (χ0) is 35.2. The Morgan fingerprint density at radius 1 is 1.06 bits per heavy atom. The number of benzene rings is 2. The molecule has 5 aliphatic rings. The number of carbonyl (C=O) groups is 2.